The van der Waals surface area contributed by atoms with Gasteiger partial charge in [-0.1, -0.05) is 11.6 Å². The van der Waals surface area contributed by atoms with Gasteiger partial charge in [-0.05, 0) is 18.2 Å². The lowest BCUT2D eigenvalue weighted by Crippen LogP contribution is -2.00. The van der Waals surface area contributed by atoms with Crippen molar-refractivity contribution in [3.63, 3.8) is 0 Å². The van der Waals surface area contributed by atoms with Gasteiger partial charge in [-0.15, -0.1) is 0 Å². The van der Waals surface area contributed by atoms with E-state index in [4.69, 9.17) is 23.1 Å². The number of hydrogen-bond acceptors (Lipinski definition) is 6. The molecule has 0 amide bonds. The summed E-state index contributed by atoms with van der Waals surface area (Å²) in [6, 6.07) is 5.33. The lowest BCUT2D eigenvalue weighted by molar-refractivity contribution is 1.12. The highest BCUT2D eigenvalue weighted by Crippen LogP contribution is 2.38. The van der Waals surface area contributed by atoms with Gasteiger partial charge in [-0.3, -0.25) is 4.40 Å². The Morgan fingerprint density at radius 1 is 0.955 bits per heavy atom. The van der Waals surface area contributed by atoms with Crippen LogP contribution in [0.1, 0.15) is 0 Å². The van der Waals surface area contributed by atoms with Gasteiger partial charge in [-0.25, -0.2) is 19.9 Å². The molecule has 0 bridgehead atoms. The average molecular weight is 312 g/mol. The van der Waals surface area contributed by atoms with Crippen molar-refractivity contribution < 1.29 is 0 Å². The van der Waals surface area contributed by atoms with Gasteiger partial charge in [0, 0.05) is 29.5 Å². The van der Waals surface area contributed by atoms with Crippen molar-refractivity contribution in [3.8, 4) is 11.3 Å². The highest BCUT2D eigenvalue weighted by molar-refractivity contribution is 6.37. The van der Waals surface area contributed by atoms with Crippen LogP contribution < -0.4 is 11.5 Å². The largest absolute Gasteiger partial charge is 0.369 e. The number of fused-ring (bicyclic) bond motifs is 3. The molecule has 4 N–H and O–H groups in total. The molecule has 0 saturated carbocycles. The van der Waals surface area contributed by atoms with E-state index in [0.717, 1.165) is 16.5 Å². The highest BCUT2D eigenvalue weighted by atomic mass is 35.5. The molecule has 108 valence electrons. The Balaban J connectivity index is 2.27. The molecule has 0 aromatic carbocycles. The third-order valence-corrected chi connectivity index (χ3v) is 3.75. The van der Waals surface area contributed by atoms with Crippen molar-refractivity contribution in [3.05, 3.63) is 41.8 Å². The summed E-state index contributed by atoms with van der Waals surface area (Å²) in [7, 11) is 0. The number of nitrogens with two attached hydrogens (primary N) is 2. The van der Waals surface area contributed by atoms with E-state index in [1.165, 1.54) is 0 Å². The normalized spacial score (nSPS) is 11.3. The Bertz CT molecular complexity index is 1020. The number of aromatic nitrogens is 5. The summed E-state index contributed by atoms with van der Waals surface area (Å²) in [5.41, 5.74) is 14.6. The van der Waals surface area contributed by atoms with Gasteiger partial charge in [0.15, 0.2) is 0 Å². The first kappa shape index (κ1) is 12.8. The first-order chi connectivity index (χ1) is 10.7. The van der Waals surface area contributed by atoms with Crippen LogP contribution in [0, 0.1) is 0 Å². The SMILES string of the molecule is Nc1nccc(-c2c3c(Cl)ccnc3n3c(N)nccc23)n1. The minimum atomic E-state index is 0.187. The van der Waals surface area contributed by atoms with Crippen LogP contribution in [-0.4, -0.2) is 24.3 Å². The van der Waals surface area contributed by atoms with E-state index in [-0.39, 0.29) is 5.95 Å². The van der Waals surface area contributed by atoms with Gasteiger partial charge in [0.2, 0.25) is 11.9 Å². The van der Waals surface area contributed by atoms with Crippen molar-refractivity contribution in [2.45, 2.75) is 0 Å². The van der Waals surface area contributed by atoms with E-state index < -0.39 is 0 Å². The number of anilines is 2. The van der Waals surface area contributed by atoms with Gasteiger partial charge in [0.05, 0.1) is 16.2 Å². The zero-order valence-corrected chi connectivity index (χ0v) is 12.0. The number of rotatable bonds is 1. The van der Waals surface area contributed by atoms with Crippen LogP contribution in [-0.2, 0) is 0 Å². The van der Waals surface area contributed by atoms with Gasteiger partial charge < -0.3 is 11.5 Å². The molecular weight excluding hydrogens is 302 g/mol. The minimum Gasteiger partial charge on any atom is -0.369 e. The van der Waals surface area contributed by atoms with E-state index >= 15 is 0 Å². The Hall–Kier alpha value is -2.93. The molecule has 0 aliphatic rings. The molecule has 4 heterocycles. The van der Waals surface area contributed by atoms with Crippen LogP contribution in [0.2, 0.25) is 5.02 Å². The Labute approximate surface area is 129 Å². The van der Waals surface area contributed by atoms with Gasteiger partial charge in [0.1, 0.15) is 5.65 Å². The number of pyridine rings is 1. The van der Waals surface area contributed by atoms with Crippen LogP contribution >= 0.6 is 11.6 Å². The molecule has 7 nitrogen and oxygen atoms in total. The molecule has 4 aromatic rings. The molecule has 0 saturated heterocycles. The van der Waals surface area contributed by atoms with Crippen LogP contribution in [0.4, 0.5) is 11.9 Å². The Morgan fingerprint density at radius 3 is 2.55 bits per heavy atom. The standard InChI is InChI=1S/C14H10ClN7/c15-7-1-4-18-12-10(7)11(8-2-5-19-13(16)21-8)9-3-6-20-14(17)22(9)12/h1-6H,(H2,17,20)(H2,16,19,21). The maximum atomic E-state index is 6.39. The molecule has 0 fully saturated rings. The smallest absolute Gasteiger partial charge is 0.220 e. The topological polar surface area (TPSA) is 108 Å². The summed E-state index contributed by atoms with van der Waals surface area (Å²) in [6.07, 6.45) is 4.86. The molecule has 0 unspecified atom stereocenters. The second kappa shape index (κ2) is 4.54. The van der Waals surface area contributed by atoms with E-state index in [2.05, 4.69) is 19.9 Å². The van der Waals surface area contributed by atoms with Crippen molar-refractivity contribution in [1.29, 1.82) is 0 Å². The quantitative estimate of drug-likeness (QED) is 0.557. The molecule has 8 heteroatoms. The molecule has 0 spiro atoms. The fraction of sp³-hybridized carbons (Fsp3) is 0. The summed E-state index contributed by atoms with van der Waals surface area (Å²) in [5.74, 6) is 0.512. The molecule has 4 rings (SSSR count). The Kier molecular flexibility index (Phi) is 2.64. The van der Waals surface area contributed by atoms with Crippen molar-refractivity contribution in [2.75, 3.05) is 11.5 Å². The predicted molar refractivity (Wildman–Crippen MR) is 85.4 cm³/mol. The van der Waals surface area contributed by atoms with Gasteiger partial charge >= 0.3 is 0 Å². The fourth-order valence-corrected chi connectivity index (χ4v) is 2.82. The maximum absolute atomic E-state index is 6.39. The number of nitrogens with zero attached hydrogens (tertiary/aromatic N) is 5. The average Bonchev–Trinajstić information content (AvgIpc) is 2.84. The van der Waals surface area contributed by atoms with Crippen LogP contribution in [0.15, 0.2) is 36.8 Å². The molecule has 4 aromatic heterocycles. The van der Waals surface area contributed by atoms with E-state index in [1.807, 2.05) is 6.07 Å². The van der Waals surface area contributed by atoms with Crippen molar-refractivity contribution in [1.82, 2.24) is 24.3 Å². The second-order valence-corrected chi connectivity index (χ2v) is 5.10. The zero-order valence-electron chi connectivity index (χ0n) is 11.2. The highest BCUT2D eigenvalue weighted by Gasteiger charge is 2.19. The number of nitrogen functional groups attached to an aromatic ring is 2. The van der Waals surface area contributed by atoms with Crippen LogP contribution in [0.3, 0.4) is 0 Å². The number of hydrogen-bond donors (Lipinski definition) is 2. The third-order valence-electron chi connectivity index (χ3n) is 3.44. The third kappa shape index (κ3) is 1.69. The lowest BCUT2D eigenvalue weighted by atomic mass is 10.1. The fourth-order valence-electron chi connectivity index (χ4n) is 2.59. The molecule has 22 heavy (non-hydrogen) atoms. The summed E-state index contributed by atoms with van der Waals surface area (Å²) >= 11 is 6.39. The second-order valence-electron chi connectivity index (χ2n) is 4.69. The monoisotopic (exact) mass is 311 g/mol. The molecule has 0 atom stereocenters. The predicted octanol–water partition coefficient (Wildman–Crippen LogP) is 2.16. The van der Waals surface area contributed by atoms with Crippen molar-refractivity contribution in [2.24, 2.45) is 0 Å². The van der Waals surface area contributed by atoms with Gasteiger partial charge in [0.25, 0.3) is 0 Å². The maximum Gasteiger partial charge on any atom is 0.220 e. The number of halogens is 1. The first-order valence-corrected chi connectivity index (χ1v) is 6.82. The lowest BCUT2D eigenvalue weighted by Gasteiger charge is -2.02. The van der Waals surface area contributed by atoms with Crippen LogP contribution in [0.5, 0.6) is 0 Å². The summed E-state index contributed by atoms with van der Waals surface area (Å²) in [6.45, 7) is 0. The Morgan fingerprint density at radius 2 is 1.73 bits per heavy atom. The minimum absolute atomic E-state index is 0.187. The molecule has 0 aliphatic heterocycles. The van der Waals surface area contributed by atoms with E-state index in [9.17, 15) is 0 Å². The summed E-state index contributed by atoms with van der Waals surface area (Å²) in [5, 5.41) is 1.31. The van der Waals surface area contributed by atoms with E-state index in [0.29, 0.717) is 22.3 Å². The van der Waals surface area contributed by atoms with E-state index in [1.54, 1.807) is 35.1 Å². The zero-order chi connectivity index (χ0) is 15.3. The van der Waals surface area contributed by atoms with Crippen LogP contribution in [0.25, 0.3) is 27.8 Å². The molecular formula is C14H10ClN7. The molecule has 0 radical (unpaired) electrons. The molecule has 0 aliphatic carbocycles. The first-order valence-electron chi connectivity index (χ1n) is 6.45. The van der Waals surface area contributed by atoms with Gasteiger partial charge in [-0.2, -0.15) is 0 Å². The van der Waals surface area contributed by atoms with Crippen molar-refractivity contribution >= 4 is 40.0 Å². The summed E-state index contributed by atoms with van der Waals surface area (Å²) in [4.78, 5) is 16.7. The summed E-state index contributed by atoms with van der Waals surface area (Å²) < 4.78 is 1.74.